The monoisotopic (exact) mass is 399 g/mol. The molecule has 0 nitrogen and oxygen atoms in total. The molecule has 0 N–H and O–H groups in total. The Balaban J connectivity index is -0.0000000287. The zero-order chi connectivity index (χ0) is 16.5. The van der Waals surface area contributed by atoms with E-state index < -0.39 is 0 Å². The molecule has 135 valence electrons. The normalized spacial score (nSPS) is 5.22. The Morgan fingerprint density at radius 3 is 0.435 bits per heavy atom. The molecule has 0 aliphatic heterocycles. The first-order valence-corrected chi connectivity index (χ1v) is 7.38. The molecule has 1 radical (unpaired) electrons. The summed E-state index contributed by atoms with van der Waals surface area (Å²) < 4.78 is 9.50. The van der Waals surface area contributed by atoms with E-state index in [1.165, 1.54) is 0 Å². The van der Waals surface area contributed by atoms with Gasteiger partial charge in [-0.3, -0.25) is 4.39 Å². The van der Waals surface area contributed by atoms with Crippen molar-refractivity contribution < 1.29 is 37.1 Å². The molecule has 0 aromatic heterocycles. The van der Waals surface area contributed by atoms with Gasteiger partial charge >= 0.3 is 0 Å². The summed E-state index contributed by atoms with van der Waals surface area (Å²) >= 11 is 0. The van der Waals surface area contributed by atoms with Crippen LogP contribution in [0.4, 0.5) is 4.39 Å². The van der Waals surface area contributed by atoms with E-state index in [0.29, 0.717) is 7.18 Å². The zero-order valence-electron chi connectivity index (χ0n) is 16.9. The van der Waals surface area contributed by atoms with Crippen molar-refractivity contribution in [2.75, 3.05) is 7.18 Å². The van der Waals surface area contributed by atoms with E-state index in [1.54, 1.807) is 0 Å². The van der Waals surface area contributed by atoms with Gasteiger partial charge in [0.25, 0.3) is 0 Å². The minimum Gasteiger partial charge on any atom is -0.358 e. The van der Waals surface area contributed by atoms with Gasteiger partial charge in [-0.05, 0) is 0 Å². The average Bonchev–Trinajstić information content (AvgIpc) is 2.65. The van der Waals surface area contributed by atoms with Gasteiger partial charge in [-0.25, -0.2) is 0 Å². The van der Waals surface area contributed by atoms with Gasteiger partial charge in [0.1, 0.15) is 0 Å². The fourth-order valence-corrected chi connectivity index (χ4v) is 0.770. The quantitative estimate of drug-likeness (QED) is 0.395. The molecule has 0 amide bonds. The number of hydrogen-bond donors (Lipinski definition) is 0. The topological polar surface area (TPSA) is 0 Å². The van der Waals surface area contributed by atoms with Crippen molar-refractivity contribution in [1.29, 1.82) is 0 Å². The molecular formula is C21H39FY-2. The van der Waals surface area contributed by atoms with E-state index in [1.807, 2.05) is 114 Å². The first-order chi connectivity index (χ1) is 10.0. The van der Waals surface area contributed by atoms with Crippen LogP contribution in [0, 0.1) is 14.9 Å². The Labute approximate surface area is 172 Å². The van der Waals surface area contributed by atoms with E-state index in [0.717, 1.165) is 0 Å². The second kappa shape index (κ2) is 68.4. The molecule has 0 saturated heterocycles. The summed E-state index contributed by atoms with van der Waals surface area (Å²) in [7, 11) is 0.500. The van der Waals surface area contributed by atoms with Crippen LogP contribution < -0.4 is 0 Å². The first-order valence-electron chi connectivity index (χ1n) is 7.38. The van der Waals surface area contributed by atoms with Gasteiger partial charge in [0.2, 0.25) is 0 Å². The van der Waals surface area contributed by atoms with Crippen molar-refractivity contribution in [3.8, 4) is 0 Å². The molecule has 0 saturated carbocycles. The summed E-state index contributed by atoms with van der Waals surface area (Å²) in [6.07, 6.45) is 0. The van der Waals surface area contributed by atoms with Crippen molar-refractivity contribution in [3.63, 3.8) is 0 Å². The van der Waals surface area contributed by atoms with E-state index >= 15 is 0 Å². The molecule has 0 atom stereocenters. The van der Waals surface area contributed by atoms with Crippen LogP contribution in [0.5, 0.6) is 0 Å². The summed E-state index contributed by atoms with van der Waals surface area (Å²) in [5, 5.41) is 0. The van der Waals surface area contributed by atoms with Crippen molar-refractivity contribution in [1.82, 2.24) is 0 Å². The molecule has 2 aromatic rings. The summed E-state index contributed by atoms with van der Waals surface area (Å²) in [4.78, 5) is 0. The molecule has 2 heteroatoms. The largest absolute Gasteiger partial charge is 0.358 e. The molecule has 0 bridgehead atoms. The van der Waals surface area contributed by atoms with Gasteiger partial charge in [-0.1, -0.05) is 114 Å². The van der Waals surface area contributed by atoms with Crippen molar-refractivity contribution in [2.45, 2.75) is 41.5 Å². The Morgan fingerprint density at radius 2 is 0.391 bits per heavy atom. The van der Waals surface area contributed by atoms with Crippen LogP contribution in [0.2, 0.25) is 0 Å². The predicted octanol–water partition coefficient (Wildman–Crippen LogP) is 7.94. The summed E-state index contributed by atoms with van der Waals surface area (Å²) in [5.74, 6) is 0. The van der Waals surface area contributed by atoms with Gasteiger partial charge in [0, 0.05) is 32.7 Å². The third-order valence-electron chi connectivity index (χ3n) is 1.33. The predicted molar refractivity (Wildman–Crippen MR) is 107 cm³/mol. The fourth-order valence-electron chi connectivity index (χ4n) is 0.770. The van der Waals surface area contributed by atoms with Crippen LogP contribution in [0.3, 0.4) is 0 Å². The molecular weight excluding hydrogens is 360 g/mol. The number of rotatable bonds is 0. The minimum atomic E-state index is 0. The number of benzene rings is 2. The van der Waals surface area contributed by atoms with Gasteiger partial charge in [0.15, 0.2) is 0 Å². The molecule has 0 aliphatic rings. The summed E-state index contributed by atoms with van der Waals surface area (Å²) in [5.41, 5.74) is 0. The second-order valence-electron chi connectivity index (χ2n) is 2.31. The third-order valence-corrected chi connectivity index (χ3v) is 1.33. The van der Waals surface area contributed by atoms with Gasteiger partial charge in [0.05, 0.1) is 7.18 Å². The maximum absolute atomic E-state index is 9.50. The van der Waals surface area contributed by atoms with Crippen LogP contribution in [0.1, 0.15) is 41.5 Å². The van der Waals surface area contributed by atoms with Crippen molar-refractivity contribution >= 4 is 0 Å². The van der Waals surface area contributed by atoms with Crippen LogP contribution in [-0.4, -0.2) is 7.18 Å². The van der Waals surface area contributed by atoms with E-state index in [-0.39, 0.29) is 47.6 Å². The maximum atomic E-state index is 9.50. The van der Waals surface area contributed by atoms with Gasteiger partial charge < -0.3 is 14.9 Å². The number of hydrogen-bond acceptors (Lipinski definition) is 0. The maximum Gasteiger partial charge on any atom is 0.0785 e. The van der Waals surface area contributed by atoms with Gasteiger partial charge in [-0.15, -0.1) is 0 Å². The number of halogens is 1. The molecule has 23 heavy (non-hydrogen) atoms. The molecule has 0 spiro atoms. The Hall–Kier alpha value is -0.526. The Kier molecular flexibility index (Phi) is 129. The SMILES string of the molecule is CC.CC.CC.CF.[CH3-].[CH3-].[Y].c1ccccc1.c1ccccc1. The zero-order valence-corrected chi connectivity index (χ0v) is 19.7. The Bertz CT molecular complexity index is 187. The minimum absolute atomic E-state index is 0. The smallest absolute Gasteiger partial charge is 0.0785 e. The number of alkyl halides is 1. The second-order valence-corrected chi connectivity index (χ2v) is 2.31. The average molecular weight is 399 g/mol. The summed E-state index contributed by atoms with van der Waals surface area (Å²) in [6, 6.07) is 24.0. The molecule has 2 rings (SSSR count). The van der Waals surface area contributed by atoms with E-state index in [2.05, 4.69) is 0 Å². The fraction of sp³-hybridized carbons (Fsp3) is 0.333. The Morgan fingerprint density at radius 1 is 0.348 bits per heavy atom. The third kappa shape index (κ3) is 61.9. The standard InChI is InChI=1S/2C6H6.3C2H6.CH3F.2CH3.Y/c2*1-2-4-6-5-3-1;4*1-2;;;/h2*1-6H;3*1-2H3;1H3;2*1H3;/q;;;;;;2*-1;. The summed E-state index contributed by atoms with van der Waals surface area (Å²) in [6.45, 7) is 12.0. The van der Waals surface area contributed by atoms with Gasteiger partial charge in [-0.2, -0.15) is 0 Å². The molecule has 0 unspecified atom stereocenters. The molecule has 2 aromatic carbocycles. The van der Waals surface area contributed by atoms with Crippen LogP contribution in [0.15, 0.2) is 72.8 Å². The van der Waals surface area contributed by atoms with Crippen LogP contribution in [-0.2, 0) is 32.7 Å². The van der Waals surface area contributed by atoms with E-state index in [4.69, 9.17) is 0 Å². The van der Waals surface area contributed by atoms with Crippen molar-refractivity contribution in [2.24, 2.45) is 0 Å². The van der Waals surface area contributed by atoms with Crippen molar-refractivity contribution in [3.05, 3.63) is 87.6 Å². The van der Waals surface area contributed by atoms with Crippen LogP contribution >= 0.6 is 0 Å². The molecule has 0 heterocycles. The molecule has 0 aliphatic carbocycles. The molecule has 0 fully saturated rings. The first kappa shape index (κ1) is 43.3. The van der Waals surface area contributed by atoms with Crippen LogP contribution in [0.25, 0.3) is 0 Å². The van der Waals surface area contributed by atoms with E-state index in [9.17, 15) is 4.39 Å².